The zero-order chi connectivity index (χ0) is 24.5. The van der Waals surface area contributed by atoms with Crippen molar-refractivity contribution in [2.75, 3.05) is 13.1 Å². The fourth-order valence-electron chi connectivity index (χ4n) is 5.35. The van der Waals surface area contributed by atoms with Crippen molar-refractivity contribution >= 4 is 17.0 Å². The summed E-state index contributed by atoms with van der Waals surface area (Å²) >= 11 is 0. The van der Waals surface area contributed by atoms with Crippen LogP contribution in [0.25, 0.3) is 10.9 Å². The topological polar surface area (TPSA) is 34.5 Å². The number of rotatable bonds is 5. The molecule has 0 spiro atoms. The molecule has 1 atom stereocenters. The number of benzene rings is 3. The molecule has 0 amide bonds. The van der Waals surface area contributed by atoms with E-state index in [2.05, 4.69) is 83.8 Å². The van der Waals surface area contributed by atoms with Gasteiger partial charge in [0.15, 0.2) is 0 Å². The van der Waals surface area contributed by atoms with Crippen molar-refractivity contribution in [3.63, 3.8) is 0 Å². The first-order valence-corrected chi connectivity index (χ1v) is 12.5. The van der Waals surface area contributed by atoms with Crippen molar-refractivity contribution in [1.82, 2.24) is 9.47 Å². The summed E-state index contributed by atoms with van der Waals surface area (Å²) in [5.74, 6) is 0. The molecular formula is C31H34N2O2. The number of hydrogen-bond donors (Lipinski definition) is 0. The number of nitrogens with zero attached hydrogens (tertiary/aromatic N) is 2. The average Bonchev–Trinajstić information content (AvgIpc) is 3.44. The predicted molar refractivity (Wildman–Crippen MR) is 142 cm³/mol. The van der Waals surface area contributed by atoms with Gasteiger partial charge in [0.25, 0.3) is 0 Å². The predicted octanol–water partition coefficient (Wildman–Crippen LogP) is 6.81. The molecular weight excluding hydrogens is 432 g/mol. The summed E-state index contributed by atoms with van der Waals surface area (Å²) in [6.45, 7) is 8.72. The maximum Gasteiger partial charge on any atom is 0.418 e. The molecule has 4 heteroatoms. The second-order valence-electron chi connectivity index (χ2n) is 10.8. The zero-order valence-electron chi connectivity index (χ0n) is 20.9. The van der Waals surface area contributed by atoms with Crippen LogP contribution in [0.1, 0.15) is 43.9 Å². The third kappa shape index (κ3) is 5.18. The molecule has 0 aliphatic carbocycles. The Kier molecular flexibility index (Phi) is 6.24. The summed E-state index contributed by atoms with van der Waals surface area (Å²) in [5, 5.41) is 1.07. The third-order valence-corrected chi connectivity index (χ3v) is 6.96. The number of likely N-dealkylation sites (tertiary alicyclic amines) is 1. The molecule has 1 unspecified atom stereocenters. The van der Waals surface area contributed by atoms with E-state index in [0.29, 0.717) is 0 Å². The number of carbonyl (C=O) groups is 1. The molecule has 3 aromatic carbocycles. The summed E-state index contributed by atoms with van der Waals surface area (Å²) in [6, 6.07) is 30.2. The van der Waals surface area contributed by atoms with Crippen LogP contribution in [0.15, 0.2) is 91.1 Å². The monoisotopic (exact) mass is 466 g/mol. The van der Waals surface area contributed by atoms with Gasteiger partial charge in [0.1, 0.15) is 5.60 Å². The smallest absolute Gasteiger partial charge is 0.418 e. The first kappa shape index (κ1) is 23.4. The van der Waals surface area contributed by atoms with Gasteiger partial charge >= 0.3 is 6.09 Å². The molecule has 35 heavy (non-hydrogen) atoms. The normalized spacial score (nSPS) is 18.7. The van der Waals surface area contributed by atoms with Gasteiger partial charge in [-0.15, -0.1) is 0 Å². The fraction of sp³-hybridized carbons (Fsp3) is 0.323. The standard InChI is InChI=1S/C31H34N2O2/c1-30(2,3)35-29(34)33-18-16-26-20-27(14-15-28(26)33)31(21-24-10-6-4-7-11-24)17-19-32(23-31)22-25-12-8-5-9-13-25/h4-16,18,20H,17,19,21-23H2,1-3H3. The highest BCUT2D eigenvalue weighted by molar-refractivity contribution is 5.90. The lowest BCUT2D eigenvalue weighted by Crippen LogP contribution is -2.33. The highest BCUT2D eigenvalue weighted by Gasteiger charge is 2.40. The van der Waals surface area contributed by atoms with Crippen LogP contribution in [0.3, 0.4) is 0 Å². The lowest BCUT2D eigenvalue weighted by atomic mass is 9.74. The van der Waals surface area contributed by atoms with Crippen LogP contribution >= 0.6 is 0 Å². The molecule has 1 fully saturated rings. The maximum absolute atomic E-state index is 12.7. The minimum absolute atomic E-state index is 0.0261. The van der Waals surface area contributed by atoms with Crippen molar-refractivity contribution in [3.05, 3.63) is 108 Å². The molecule has 2 heterocycles. The van der Waals surface area contributed by atoms with Crippen molar-refractivity contribution in [3.8, 4) is 0 Å². The average molecular weight is 467 g/mol. The highest BCUT2D eigenvalue weighted by atomic mass is 16.6. The Balaban J connectivity index is 1.47. The van der Waals surface area contributed by atoms with Crippen LogP contribution < -0.4 is 0 Å². The van der Waals surface area contributed by atoms with Gasteiger partial charge in [-0.05, 0) is 75.0 Å². The van der Waals surface area contributed by atoms with E-state index >= 15 is 0 Å². The maximum atomic E-state index is 12.7. The number of aromatic nitrogens is 1. The summed E-state index contributed by atoms with van der Waals surface area (Å²) in [6.07, 6.45) is 3.59. The minimum Gasteiger partial charge on any atom is -0.443 e. The van der Waals surface area contributed by atoms with Gasteiger partial charge in [0, 0.05) is 30.1 Å². The lowest BCUT2D eigenvalue weighted by Gasteiger charge is -2.31. The molecule has 4 nitrogen and oxygen atoms in total. The second kappa shape index (κ2) is 9.35. The summed E-state index contributed by atoms with van der Waals surface area (Å²) in [5.41, 5.74) is 4.44. The minimum atomic E-state index is -0.528. The Morgan fingerprint density at radius 3 is 2.29 bits per heavy atom. The Morgan fingerprint density at radius 1 is 0.914 bits per heavy atom. The van der Waals surface area contributed by atoms with Crippen molar-refractivity contribution in [1.29, 1.82) is 0 Å². The number of ether oxygens (including phenoxy) is 1. The molecule has 1 aliphatic rings. The largest absolute Gasteiger partial charge is 0.443 e. The summed E-state index contributed by atoms with van der Waals surface area (Å²) < 4.78 is 7.22. The van der Waals surface area contributed by atoms with Crippen molar-refractivity contribution in [2.45, 2.75) is 51.2 Å². The molecule has 0 N–H and O–H groups in total. The molecule has 4 aromatic rings. The van der Waals surface area contributed by atoms with Crippen LogP contribution in [-0.4, -0.2) is 34.3 Å². The Bertz CT molecular complexity index is 1300. The van der Waals surface area contributed by atoms with Gasteiger partial charge in [-0.3, -0.25) is 9.47 Å². The van der Waals surface area contributed by atoms with Crippen LogP contribution in [0.2, 0.25) is 0 Å². The third-order valence-electron chi connectivity index (χ3n) is 6.96. The lowest BCUT2D eigenvalue weighted by molar-refractivity contribution is 0.0544. The van der Waals surface area contributed by atoms with E-state index in [1.807, 2.05) is 33.0 Å². The van der Waals surface area contributed by atoms with Crippen LogP contribution in [0.5, 0.6) is 0 Å². The molecule has 180 valence electrons. The van der Waals surface area contributed by atoms with E-state index in [1.165, 1.54) is 16.7 Å². The molecule has 1 aromatic heterocycles. The molecule has 1 aliphatic heterocycles. The van der Waals surface area contributed by atoms with Gasteiger partial charge in [-0.1, -0.05) is 66.7 Å². The SMILES string of the molecule is CC(C)(C)OC(=O)n1ccc2cc(C3(Cc4ccccc4)CCN(Cc4ccccc4)C3)ccc21. The zero-order valence-corrected chi connectivity index (χ0v) is 20.9. The molecule has 0 radical (unpaired) electrons. The quantitative estimate of drug-likeness (QED) is 0.324. The van der Waals surface area contributed by atoms with Gasteiger partial charge in [-0.2, -0.15) is 0 Å². The number of carbonyl (C=O) groups excluding carboxylic acids is 1. The van der Waals surface area contributed by atoms with Crippen LogP contribution in [-0.2, 0) is 23.1 Å². The molecule has 1 saturated heterocycles. The molecule has 0 bridgehead atoms. The second-order valence-corrected chi connectivity index (χ2v) is 10.8. The first-order valence-electron chi connectivity index (χ1n) is 12.5. The van der Waals surface area contributed by atoms with E-state index in [-0.39, 0.29) is 11.5 Å². The van der Waals surface area contributed by atoms with Gasteiger partial charge in [0.05, 0.1) is 5.52 Å². The van der Waals surface area contributed by atoms with Crippen molar-refractivity contribution in [2.24, 2.45) is 0 Å². The molecule has 5 rings (SSSR count). The van der Waals surface area contributed by atoms with E-state index in [9.17, 15) is 4.79 Å². The molecule has 0 saturated carbocycles. The van der Waals surface area contributed by atoms with Gasteiger partial charge in [0.2, 0.25) is 0 Å². The number of hydrogen-bond acceptors (Lipinski definition) is 3. The highest BCUT2D eigenvalue weighted by Crippen LogP contribution is 2.39. The summed E-state index contributed by atoms with van der Waals surface area (Å²) in [7, 11) is 0. The fourth-order valence-corrected chi connectivity index (χ4v) is 5.35. The van der Waals surface area contributed by atoms with Gasteiger partial charge < -0.3 is 4.74 Å². The van der Waals surface area contributed by atoms with E-state index < -0.39 is 5.60 Å². The van der Waals surface area contributed by atoms with Crippen LogP contribution in [0.4, 0.5) is 4.79 Å². The summed E-state index contributed by atoms with van der Waals surface area (Å²) in [4.78, 5) is 15.3. The number of fused-ring (bicyclic) bond motifs is 1. The first-order chi connectivity index (χ1) is 16.8. The van der Waals surface area contributed by atoms with E-state index in [0.717, 1.165) is 43.4 Å². The van der Waals surface area contributed by atoms with Gasteiger partial charge in [-0.25, -0.2) is 4.79 Å². The Morgan fingerprint density at radius 2 is 1.60 bits per heavy atom. The van der Waals surface area contributed by atoms with Crippen molar-refractivity contribution < 1.29 is 9.53 Å². The Hall–Kier alpha value is -3.37. The Labute approximate surface area is 208 Å². The van der Waals surface area contributed by atoms with E-state index in [1.54, 1.807) is 4.57 Å². The van der Waals surface area contributed by atoms with E-state index in [4.69, 9.17) is 4.74 Å². The van der Waals surface area contributed by atoms with Crippen LogP contribution in [0, 0.1) is 0 Å².